The smallest absolute Gasteiger partial charge is 0.197 e. The molecular formula is C61H60N4. The van der Waals surface area contributed by atoms with Gasteiger partial charge in [-0.1, -0.05) is 155 Å². The summed E-state index contributed by atoms with van der Waals surface area (Å²) < 4.78 is 4.84. The van der Waals surface area contributed by atoms with Crippen molar-refractivity contribution in [3.8, 4) is 33.6 Å². The Bertz CT molecular complexity index is 3350. The molecule has 7 aromatic carbocycles. The van der Waals surface area contributed by atoms with Crippen LogP contribution in [-0.2, 0) is 21.7 Å². The van der Waals surface area contributed by atoms with Gasteiger partial charge in [0.1, 0.15) is 0 Å². The maximum absolute atomic E-state index is 8.89. The van der Waals surface area contributed by atoms with Gasteiger partial charge in [-0.3, -0.25) is 0 Å². The highest BCUT2D eigenvalue weighted by Gasteiger charge is 2.28. The average Bonchev–Trinajstić information content (AvgIpc) is 3.76. The van der Waals surface area contributed by atoms with Crippen molar-refractivity contribution in [2.45, 2.75) is 112 Å². The van der Waals surface area contributed by atoms with Crippen LogP contribution in [0, 0.1) is 20.1 Å². The van der Waals surface area contributed by atoms with Crippen LogP contribution in [0.1, 0.15) is 111 Å². The average molecular weight is 849 g/mol. The van der Waals surface area contributed by atoms with E-state index in [1.807, 2.05) is 24.3 Å². The van der Waals surface area contributed by atoms with Crippen molar-refractivity contribution in [3.05, 3.63) is 178 Å². The Morgan fingerprint density at radius 2 is 0.769 bits per heavy atom. The molecule has 9 rings (SSSR count). The van der Waals surface area contributed by atoms with Crippen molar-refractivity contribution in [2.75, 3.05) is 0 Å². The molecule has 0 aliphatic heterocycles. The molecule has 2 heterocycles. The summed E-state index contributed by atoms with van der Waals surface area (Å²) in [6.07, 6.45) is 0. The van der Waals surface area contributed by atoms with Crippen molar-refractivity contribution in [1.82, 2.24) is 9.13 Å². The van der Waals surface area contributed by atoms with Gasteiger partial charge in [-0.05, 0) is 123 Å². The molecule has 324 valence electrons. The SMILES string of the molecule is [C-]#[N+]c1ccc(-c2cccc(-n3c4ccc(C(C)(C)C)cc4c4cc(C(C)(C)C)ccc43)c2-c2c([N+]#[C-])cccc2-n2c3ccc(C(C)(C)C)cc3c3cc(C(C)(C)C)ccc32)c(C)c1. The van der Waals surface area contributed by atoms with E-state index < -0.39 is 0 Å². The van der Waals surface area contributed by atoms with Crippen LogP contribution >= 0.6 is 0 Å². The van der Waals surface area contributed by atoms with Crippen molar-refractivity contribution in [1.29, 1.82) is 0 Å². The van der Waals surface area contributed by atoms with E-state index >= 15 is 0 Å². The van der Waals surface area contributed by atoms with Gasteiger partial charge in [-0.15, -0.1) is 0 Å². The Labute approximate surface area is 385 Å². The monoisotopic (exact) mass is 848 g/mol. The van der Waals surface area contributed by atoms with Gasteiger partial charge in [0, 0.05) is 38.4 Å². The summed E-state index contributed by atoms with van der Waals surface area (Å²) in [5.41, 5.74) is 17.4. The van der Waals surface area contributed by atoms with E-state index in [9.17, 15) is 0 Å². The summed E-state index contributed by atoms with van der Waals surface area (Å²) in [6.45, 7) is 46.2. The molecule has 0 amide bonds. The Hall–Kier alpha value is -6.88. The van der Waals surface area contributed by atoms with E-state index in [0.29, 0.717) is 11.4 Å². The van der Waals surface area contributed by atoms with Gasteiger partial charge in [-0.25, -0.2) is 9.69 Å². The summed E-state index contributed by atoms with van der Waals surface area (Å²) in [5.74, 6) is 0. The third-order valence-electron chi connectivity index (χ3n) is 13.5. The predicted molar refractivity (Wildman–Crippen MR) is 278 cm³/mol. The van der Waals surface area contributed by atoms with Crippen molar-refractivity contribution >= 4 is 55.0 Å². The summed E-state index contributed by atoms with van der Waals surface area (Å²) >= 11 is 0. The zero-order valence-electron chi connectivity index (χ0n) is 40.4. The van der Waals surface area contributed by atoms with E-state index in [4.69, 9.17) is 13.1 Å². The zero-order valence-corrected chi connectivity index (χ0v) is 40.4. The number of nitrogens with zero attached hydrogens (tertiary/aromatic N) is 4. The molecule has 4 heteroatoms. The molecule has 0 fully saturated rings. The quantitative estimate of drug-likeness (QED) is 0.157. The lowest BCUT2D eigenvalue weighted by Gasteiger charge is -2.24. The summed E-state index contributed by atoms with van der Waals surface area (Å²) in [6, 6.07) is 46.6. The number of hydrogen-bond donors (Lipinski definition) is 0. The molecule has 65 heavy (non-hydrogen) atoms. The second kappa shape index (κ2) is 15.1. The second-order valence-corrected chi connectivity index (χ2v) is 22.2. The number of fused-ring (bicyclic) bond motifs is 6. The summed E-state index contributed by atoms with van der Waals surface area (Å²) in [5, 5.41) is 4.81. The number of aryl methyl sites for hydroxylation is 1. The molecule has 0 aliphatic rings. The number of hydrogen-bond acceptors (Lipinski definition) is 0. The van der Waals surface area contributed by atoms with Crippen LogP contribution in [-0.4, -0.2) is 9.13 Å². The molecule has 0 aliphatic carbocycles. The molecule has 0 atom stereocenters. The number of aromatic nitrogens is 2. The van der Waals surface area contributed by atoms with Gasteiger partial charge in [0.05, 0.1) is 40.9 Å². The molecule has 0 spiro atoms. The maximum atomic E-state index is 8.89. The molecule has 0 unspecified atom stereocenters. The molecular weight excluding hydrogens is 789 g/mol. The standard InChI is InChI=1S/C61H60N4/c1-37-32-42(62-14)26-27-43(37)44-18-16-20-54(64-50-28-22-38(58(2,3)4)33-45(50)46-34-39(59(5,6)7)23-29-51(46)64)56(44)57-49(63-15)19-17-21-55(57)65-52-30-24-40(60(8,9)10)35-47(52)48-36-41(61(11,12)13)25-31-53(48)65/h16-36H,1-13H3. The number of rotatable bonds is 4. The molecule has 2 aromatic heterocycles. The first-order valence-corrected chi connectivity index (χ1v) is 22.9. The predicted octanol–water partition coefficient (Wildman–Crippen LogP) is 17.8. The fourth-order valence-electron chi connectivity index (χ4n) is 9.73. The molecule has 9 aromatic rings. The minimum atomic E-state index is -0.0442. The van der Waals surface area contributed by atoms with E-state index in [0.717, 1.165) is 61.3 Å². The van der Waals surface area contributed by atoms with Crippen LogP contribution in [0.25, 0.3) is 86.9 Å². The summed E-state index contributed by atoms with van der Waals surface area (Å²) in [4.78, 5) is 8.17. The first-order valence-electron chi connectivity index (χ1n) is 22.9. The van der Waals surface area contributed by atoms with E-state index in [2.05, 4.69) is 212 Å². The normalized spacial score (nSPS) is 12.7. The van der Waals surface area contributed by atoms with Crippen LogP contribution in [0.5, 0.6) is 0 Å². The summed E-state index contributed by atoms with van der Waals surface area (Å²) in [7, 11) is 0. The minimum absolute atomic E-state index is 0.0441. The van der Waals surface area contributed by atoms with Crippen LogP contribution in [0.3, 0.4) is 0 Å². The Balaban J connectivity index is 1.47. The Morgan fingerprint density at radius 3 is 1.12 bits per heavy atom. The molecule has 0 bridgehead atoms. The van der Waals surface area contributed by atoms with Crippen LogP contribution in [0.2, 0.25) is 0 Å². The van der Waals surface area contributed by atoms with Gasteiger partial charge in [-0.2, -0.15) is 0 Å². The van der Waals surface area contributed by atoms with E-state index in [-0.39, 0.29) is 21.7 Å². The first-order chi connectivity index (χ1) is 30.6. The fourth-order valence-corrected chi connectivity index (χ4v) is 9.73. The van der Waals surface area contributed by atoms with Crippen molar-refractivity contribution < 1.29 is 0 Å². The van der Waals surface area contributed by atoms with Gasteiger partial charge in [0.15, 0.2) is 11.4 Å². The molecule has 4 nitrogen and oxygen atoms in total. The minimum Gasteiger partial charge on any atom is -0.310 e. The van der Waals surface area contributed by atoms with E-state index in [1.165, 1.54) is 43.8 Å². The second-order valence-electron chi connectivity index (χ2n) is 22.2. The lowest BCUT2D eigenvalue weighted by atomic mass is 9.85. The van der Waals surface area contributed by atoms with Crippen LogP contribution in [0.15, 0.2) is 127 Å². The fraction of sp³-hybridized carbons (Fsp3) is 0.279. The van der Waals surface area contributed by atoms with Gasteiger partial charge in [0.2, 0.25) is 0 Å². The molecule has 0 saturated heterocycles. The third kappa shape index (κ3) is 7.31. The lowest BCUT2D eigenvalue weighted by Crippen LogP contribution is -2.10. The van der Waals surface area contributed by atoms with Crippen molar-refractivity contribution in [2.24, 2.45) is 0 Å². The Morgan fingerprint density at radius 1 is 0.385 bits per heavy atom. The highest BCUT2D eigenvalue weighted by atomic mass is 15.0. The van der Waals surface area contributed by atoms with Crippen LogP contribution in [0.4, 0.5) is 11.4 Å². The lowest BCUT2D eigenvalue weighted by molar-refractivity contribution is 0.590. The van der Waals surface area contributed by atoms with Crippen LogP contribution < -0.4 is 0 Å². The van der Waals surface area contributed by atoms with Gasteiger partial charge in [0.25, 0.3) is 0 Å². The van der Waals surface area contributed by atoms with Crippen molar-refractivity contribution in [3.63, 3.8) is 0 Å². The van der Waals surface area contributed by atoms with Gasteiger partial charge < -0.3 is 9.13 Å². The first kappa shape index (κ1) is 43.4. The highest BCUT2D eigenvalue weighted by Crippen LogP contribution is 2.50. The highest BCUT2D eigenvalue weighted by molar-refractivity contribution is 6.13. The largest absolute Gasteiger partial charge is 0.310 e. The Kier molecular flexibility index (Phi) is 10.1. The number of benzene rings is 7. The third-order valence-corrected chi connectivity index (χ3v) is 13.5. The van der Waals surface area contributed by atoms with E-state index in [1.54, 1.807) is 0 Å². The zero-order chi connectivity index (χ0) is 46.5. The molecule has 0 N–H and O–H groups in total. The molecule has 0 radical (unpaired) electrons. The molecule has 0 saturated carbocycles. The van der Waals surface area contributed by atoms with Gasteiger partial charge >= 0.3 is 0 Å². The topological polar surface area (TPSA) is 18.6 Å². The maximum Gasteiger partial charge on any atom is 0.197 e.